The Balaban J connectivity index is 1.21. The van der Waals surface area contributed by atoms with Gasteiger partial charge in [-0.1, -0.05) is 109 Å². The van der Waals surface area contributed by atoms with E-state index in [2.05, 4.69) is 155 Å². The average Bonchev–Trinajstić information content (AvgIpc) is 3.81. The van der Waals surface area contributed by atoms with Gasteiger partial charge in [0.1, 0.15) is 5.52 Å². The number of hydrogen-bond donors (Lipinski definition) is 0. The molecule has 4 aromatic heterocycles. The molecule has 0 atom stereocenters. The van der Waals surface area contributed by atoms with E-state index < -0.39 is 0 Å². The lowest BCUT2D eigenvalue weighted by Crippen LogP contribution is -1.93. The number of aromatic nitrogens is 4. The quantitative estimate of drug-likeness (QED) is 0.190. The third-order valence-corrected chi connectivity index (χ3v) is 10.8. The fourth-order valence-corrected chi connectivity index (χ4v) is 8.60. The zero-order chi connectivity index (χ0) is 32.5. The minimum atomic E-state index is 0.903. The van der Waals surface area contributed by atoms with E-state index in [1.54, 1.807) is 0 Å². The first-order chi connectivity index (χ1) is 24.8. The third kappa shape index (κ3) is 3.34. The predicted octanol–water partition coefficient (Wildman–Crippen LogP) is 11.9. The Morgan fingerprint density at radius 1 is 0.380 bits per heavy atom. The van der Waals surface area contributed by atoms with Crippen molar-refractivity contribution in [1.29, 1.82) is 0 Å². The Labute approximate surface area is 285 Å². The summed E-state index contributed by atoms with van der Waals surface area (Å²) in [5.41, 5.74) is 12.0. The largest absolute Gasteiger partial charge is 0.309 e. The highest BCUT2D eigenvalue weighted by Gasteiger charge is 2.23. The number of nitrogens with zero attached hydrogens (tertiary/aromatic N) is 4. The Morgan fingerprint density at radius 2 is 0.980 bits per heavy atom. The average molecular weight is 635 g/mol. The SMILES string of the molecule is c1ccc(-n2c3ccc(-c4cc5c6ccc7ccccc7c6n6c7nc8ccccc8nc7c(c4)c56)cc3c3ccc4ccccc4c32)cc1. The highest BCUT2D eigenvalue weighted by molar-refractivity contribution is 6.27. The van der Waals surface area contributed by atoms with Gasteiger partial charge in [-0.25, -0.2) is 9.97 Å². The van der Waals surface area contributed by atoms with Crippen LogP contribution in [0.25, 0.3) is 110 Å². The first kappa shape index (κ1) is 26.2. The van der Waals surface area contributed by atoms with Crippen molar-refractivity contribution >= 4 is 92.7 Å². The Bertz CT molecular complexity index is 3370. The molecule has 12 aromatic rings. The van der Waals surface area contributed by atoms with E-state index in [0.29, 0.717) is 0 Å². The van der Waals surface area contributed by atoms with E-state index in [9.17, 15) is 0 Å². The van der Waals surface area contributed by atoms with E-state index in [1.807, 2.05) is 12.1 Å². The van der Waals surface area contributed by atoms with Crippen molar-refractivity contribution in [3.63, 3.8) is 0 Å². The van der Waals surface area contributed by atoms with Gasteiger partial charge in [-0.3, -0.25) is 4.40 Å². The molecule has 0 N–H and O–H groups in total. The minimum absolute atomic E-state index is 0.903. The molecule has 0 saturated heterocycles. The van der Waals surface area contributed by atoms with Crippen molar-refractivity contribution in [3.05, 3.63) is 158 Å². The van der Waals surface area contributed by atoms with Gasteiger partial charge in [0, 0.05) is 43.4 Å². The van der Waals surface area contributed by atoms with Crippen LogP contribution in [0.5, 0.6) is 0 Å². The molecule has 0 fully saturated rings. The molecule has 0 aliphatic heterocycles. The van der Waals surface area contributed by atoms with Crippen LogP contribution in [-0.4, -0.2) is 18.9 Å². The number of fused-ring (bicyclic) bond motifs is 14. The van der Waals surface area contributed by atoms with Gasteiger partial charge < -0.3 is 4.57 Å². The molecule has 8 aromatic carbocycles. The van der Waals surface area contributed by atoms with Gasteiger partial charge in [0.25, 0.3) is 0 Å². The molecule has 4 nitrogen and oxygen atoms in total. The summed E-state index contributed by atoms with van der Waals surface area (Å²) in [5, 5.41) is 11.0. The Hall–Kier alpha value is -6.78. The summed E-state index contributed by atoms with van der Waals surface area (Å²) < 4.78 is 4.79. The van der Waals surface area contributed by atoms with E-state index in [4.69, 9.17) is 9.97 Å². The van der Waals surface area contributed by atoms with Crippen LogP contribution < -0.4 is 0 Å². The van der Waals surface area contributed by atoms with Gasteiger partial charge in [0.05, 0.1) is 33.1 Å². The van der Waals surface area contributed by atoms with Crippen molar-refractivity contribution in [2.45, 2.75) is 0 Å². The molecule has 0 unspecified atom stereocenters. The molecule has 0 aliphatic carbocycles. The van der Waals surface area contributed by atoms with Crippen LogP contribution >= 0.6 is 0 Å². The van der Waals surface area contributed by atoms with E-state index in [-0.39, 0.29) is 0 Å². The van der Waals surface area contributed by atoms with Gasteiger partial charge >= 0.3 is 0 Å². The fourth-order valence-electron chi connectivity index (χ4n) is 8.60. The smallest absolute Gasteiger partial charge is 0.165 e. The molecule has 4 heteroatoms. The molecule has 12 rings (SSSR count). The lowest BCUT2D eigenvalue weighted by atomic mass is 9.98. The topological polar surface area (TPSA) is 35.1 Å². The van der Waals surface area contributed by atoms with Gasteiger partial charge in [-0.15, -0.1) is 0 Å². The molecule has 0 saturated carbocycles. The fraction of sp³-hybridized carbons (Fsp3) is 0. The van der Waals surface area contributed by atoms with Crippen LogP contribution in [0.1, 0.15) is 0 Å². The molecule has 0 amide bonds. The van der Waals surface area contributed by atoms with E-state index in [0.717, 1.165) is 33.3 Å². The number of benzene rings is 8. The molecule has 0 aliphatic rings. The van der Waals surface area contributed by atoms with Crippen LogP contribution in [0.3, 0.4) is 0 Å². The van der Waals surface area contributed by atoms with Gasteiger partial charge in [0.15, 0.2) is 5.65 Å². The van der Waals surface area contributed by atoms with E-state index in [1.165, 1.54) is 76.3 Å². The van der Waals surface area contributed by atoms with Crippen LogP contribution in [0, 0.1) is 0 Å². The molecule has 0 radical (unpaired) electrons. The Kier molecular flexibility index (Phi) is 4.94. The monoisotopic (exact) mass is 634 g/mol. The van der Waals surface area contributed by atoms with Crippen molar-refractivity contribution in [1.82, 2.24) is 18.9 Å². The maximum absolute atomic E-state index is 5.26. The van der Waals surface area contributed by atoms with Crippen LogP contribution in [0.2, 0.25) is 0 Å². The van der Waals surface area contributed by atoms with Crippen LogP contribution in [0.4, 0.5) is 0 Å². The summed E-state index contributed by atoms with van der Waals surface area (Å²) in [4.78, 5) is 10.5. The summed E-state index contributed by atoms with van der Waals surface area (Å²) in [7, 11) is 0. The summed E-state index contributed by atoms with van der Waals surface area (Å²) in [6.07, 6.45) is 0. The lowest BCUT2D eigenvalue weighted by Gasteiger charge is -2.10. The lowest BCUT2D eigenvalue weighted by molar-refractivity contribution is 1.19. The van der Waals surface area contributed by atoms with Gasteiger partial charge in [-0.05, 0) is 70.4 Å². The highest BCUT2D eigenvalue weighted by Crippen LogP contribution is 2.44. The predicted molar refractivity (Wildman–Crippen MR) is 209 cm³/mol. The maximum atomic E-state index is 5.26. The second-order valence-electron chi connectivity index (χ2n) is 13.4. The maximum Gasteiger partial charge on any atom is 0.165 e. The van der Waals surface area contributed by atoms with E-state index >= 15 is 0 Å². The number of para-hydroxylation sites is 3. The zero-order valence-corrected chi connectivity index (χ0v) is 26.8. The first-order valence-corrected chi connectivity index (χ1v) is 17.1. The minimum Gasteiger partial charge on any atom is -0.309 e. The molecule has 50 heavy (non-hydrogen) atoms. The highest BCUT2D eigenvalue weighted by atomic mass is 15.0. The summed E-state index contributed by atoms with van der Waals surface area (Å²) in [6.45, 7) is 0. The molecular weight excluding hydrogens is 609 g/mol. The second-order valence-corrected chi connectivity index (χ2v) is 13.4. The number of rotatable bonds is 2. The Morgan fingerprint density at radius 3 is 1.76 bits per heavy atom. The van der Waals surface area contributed by atoms with Crippen molar-refractivity contribution in [2.24, 2.45) is 0 Å². The molecule has 4 heterocycles. The molecular formula is C46H26N4. The standard InChI is InChI=1S/C46H26N4/c1-2-12-31(13-3-1)49-41-23-20-29(24-36(41)34-21-18-27-10-4-6-14-32(27)43(34)49)30-25-37-35-22-19-28-11-5-7-15-33(28)44(35)50-45(37)38(26-30)42-46(50)48-40-17-9-8-16-39(40)47-42/h1-26H. The summed E-state index contributed by atoms with van der Waals surface area (Å²) >= 11 is 0. The van der Waals surface area contributed by atoms with Gasteiger partial charge in [0.2, 0.25) is 0 Å². The molecule has 0 bridgehead atoms. The first-order valence-electron chi connectivity index (χ1n) is 17.1. The third-order valence-electron chi connectivity index (χ3n) is 10.8. The van der Waals surface area contributed by atoms with Crippen LogP contribution in [-0.2, 0) is 0 Å². The second kappa shape index (κ2) is 9.43. The summed E-state index contributed by atoms with van der Waals surface area (Å²) in [5.74, 6) is 0. The number of hydrogen-bond acceptors (Lipinski definition) is 2. The molecule has 230 valence electrons. The normalized spacial score (nSPS) is 12.4. The summed E-state index contributed by atoms with van der Waals surface area (Å²) in [6, 6.07) is 57.1. The van der Waals surface area contributed by atoms with Crippen molar-refractivity contribution in [3.8, 4) is 16.8 Å². The van der Waals surface area contributed by atoms with Crippen molar-refractivity contribution in [2.75, 3.05) is 0 Å². The van der Waals surface area contributed by atoms with Gasteiger partial charge in [-0.2, -0.15) is 0 Å². The molecule has 0 spiro atoms. The van der Waals surface area contributed by atoms with Crippen molar-refractivity contribution < 1.29 is 0 Å². The van der Waals surface area contributed by atoms with Crippen LogP contribution in [0.15, 0.2) is 158 Å². The zero-order valence-electron chi connectivity index (χ0n) is 26.8.